The molecule has 1 aliphatic rings. The molecule has 0 aromatic heterocycles. The van der Waals surface area contributed by atoms with Gasteiger partial charge in [-0.05, 0) is 36.6 Å². The van der Waals surface area contributed by atoms with Gasteiger partial charge in [0.25, 0.3) is 0 Å². The first-order valence-electron chi connectivity index (χ1n) is 6.70. The summed E-state index contributed by atoms with van der Waals surface area (Å²) in [6.07, 6.45) is 2.20. The van der Waals surface area contributed by atoms with E-state index in [4.69, 9.17) is 27.9 Å². The van der Waals surface area contributed by atoms with Crippen molar-refractivity contribution >= 4 is 23.2 Å². The van der Waals surface area contributed by atoms with E-state index in [-0.39, 0.29) is 10.8 Å². The van der Waals surface area contributed by atoms with Gasteiger partial charge in [0.2, 0.25) is 0 Å². The minimum absolute atomic E-state index is 0.0147. The molecule has 3 rings (SSSR count). The summed E-state index contributed by atoms with van der Waals surface area (Å²) < 4.78 is 5.44. The summed E-state index contributed by atoms with van der Waals surface area (Å²) in [5.74, 6) is 0.802. The second-order valence-corrected chi connectivity index (χ2v) is 6.14. The van der Waals surface area contributed by atoms with Gasteiger partial charge in [0.05, 0.1) is 12.5 Å². The first kappa shape index (κ1) is 13.8. The molecule has 1 fully saturated rings. The van der Waals surface area contributed by atoms with Crippen molar-refractivity contribution in [2.45, 2.75) is 23.6 Å². The minimum atomic E-state index is -0.126. The fourth-order valence-corrected chi connectivity index (χ4v) is 3.49. The lowest BCUT2D eigenvalue weighted by Crippen LogP contribution is -2.14. The number of rotatable bonds is 4. The zero-order chi connectivity index (χ0) is 14.2. The zero-order valence-electron chi connectivity index (χ0n) is 11.3. The first-order chi connectivity index (χ1) is 9.67. The van der Waals surface area contributed by atoms with Crippen molar-refractivity contribution in [3.8, 4) is 5.75 Å². The van der Waals surface area contributed by atoms with Crippen molar-refractivity contribution in [2.75, 3.05) is 7.11 Å². The molecule has 1 atom stereocenters. The molecule has 3 heteroatoms. The summed E-state index contributed by atoms with van der Waals surface area (Å²) in [7, 11) is 1.67. The molecular weight excluding hydrogens is 291 g/mol. The molecular formula is C17H16Cl2O. The fourth-order valence-electron chi connectivity index (χ4n) is 2.79. The van der Waals surface area contributed by atoms with Crippen molar-refractivity contribution < 1.29 is 4.74 Å². The molecule has 1 aliphatic carbocycles. The second-order valence-electron chi connectivity index (χ2n) is 5.27. The molecule has 0 spiro atoms. The van der Waals surface area contributed by atoms with Crippen molar-refractivity contribution in [1.29, 1.82) is 0 Å². The number of hydrogen-bond acceptors (Lipinski definition) is 1. The van der Waals surface area contributed by atoms with E-state index >= 15 is 0 Å². The third-order valence-electron chi connectivity index (χ3n) is 4.09. The Hall–Kier alpha value is -1.18. The lowest BCUT2D eigenvalue weighted by atomic mass is 9.88. The highest BCUT2D eigenvalue weighted by atomic mass is 35.5. The van der Waals surface area contributed by atoms with Gasteiger partial charge in [0.15, 0.2) is 0 Å². The molecule has 2 aromatic carbocycles. The molecule has 0 radical (unpaired) electrons. The van der Waals surface area contributed by atoms with E-state index in [1.807, 2.05) is 24.3 Å². The van der Waals surface area contributed by atoms with E-state index in [9.17, 15) is 0 Å². The van der Waals surface area contributed by atoms with Crippen LogP contribution in [0.25, 0.3) is 0 Å². The number of hydrogen-bond donors (Lipinski definition) is 0. The Morgan fingerprint density at radius 1 is 1.10 bits per heavy atom. The van der Waals surface area contributed by atoms with Gasteiger partial charge in [-0.3, -0.25) is 0 Å². The van der Waals surface area contributed by atoms with Crippen LogP contribution in [0.5, 0.6) is 5.75 Å². The summed E-state index contributed by atoms with van der Waals surface area (Å²) in [6, 6.07) is 16.1. The summed E-state index contributed by atoms with van der Waals surface area (Å²) in [6.45, 7) is 0. The highest BCUT2D eigenvalue weighted by molar-refractivity contribution is 6.31. The van der Waals surface area contributed by atoms with Crippen molar-refractivity contribution in [2.24, 2.45) is 0 Å². The number of benzene rings is 2. The highest BCUT2D eigenvalue weighted by Gasteiger charge is 2.51. The van der Waals surface area contributed by atoms with Gasteiger partial charge >= 0.3 is 0 Å². The largest absolute Gasteiger partial charge is 0.496 e. The topological polar surface area (TPSA) is 9.23 Å². The van der Waals surface area contributed by atoms with Crippen LogP contribution in [0, 0.1) is 0 Å². The molecule has 0 N–H and O–H groups in total. The first-order valence-corrected chi connectivity index (χ1v) is 7.52. The van der Waals surface area contributed by atoms with Crippen LogP contribution in [0.15, 0.2) is 48.5 Å². The van der Waals surface area contributed by atoms with Crippen LogP contribution in [-0.2, 0) is 5.41 Å². The van der Waals surface area contributed by atoms with Crippen molar-refractivity contribution in [1.82, 2.24) is 0 Å². The molecule has 0 heterocycles. The van der Waals surface area contributed by atoms with E-state index in [0.717, 1.165) is 24.2 Å². The van der Waals surface area contributed by atoms with Crippen LogP contribution in [0.2, 0.25) is 5.02 Å². The molecule has 1 nitrogen and oxygen atoms in total. The van der Waals surface area contributed by atoms with Gasteiger partial charge in [-0.15, -0.1) is 11.6 Å². The smallest absolute Gasteiger partial charge is 0.123 e. The normalized spacial score (nSPS) is 17.6. The second kappa shape index (κ2) is 5.31. The average molecular weight is 307 g/mol. The van der Waals surface area contributed by atoms with E-state index in [2.05, 4.69) is 24.3 Å². The molecule has 0 bridgehead atoms. The lowest BCUT2D eigenvalue weighted by Gasteiger charge is -2.24. The van der Waals surface area contributed by atoms with Gasteiger partial charge < -0.3 is 4.74 Å². The van der Waals surface area contributed by atoms with E-state index in [0.29, 0.717) is 5.02 Å². The van der Waals surface area contributed by atoms with Gasteiger partial charge in [0.1, 0.15) is 5.75 Å². The van der Waals surface area contributed by atoms with Gasteiger partial charge in [-0.2, -0.15) is 0 Å². The van der Waals surface area contributed by atoms with Gasteiger partial charge in [0, 0.05) is 16.0 Å². The Labute approximate surface area is 129 Å². The molecule has 0 aliphatic heterocycles. The zero-order valence-corrected chi connectivity index (χ0v) is 12.8. The molecule has 104 valence electrons. The number of ether oxygens (including phenoxy) is 1. The van der Waals surface area contributed by atoms with Gasteiger partial charge in [-0.25, -0.2) is 0 Å². The van der Waals surface area contributed by atoms with Crippen molar-refractivity contribution in [3.05, 3.63) is 64.7 Å². The van der Waals surface area contributed by atoms with Crippen LogP contribution >= 0.6 is 23.2 Å². The summed E-state index contributed by atoms with van der Waals surface area (Å²) in [5.41, 5.74) is 2.28. The predicted molar refractivity (Wildman–Crippen MR) is 84.0 cm³/mol. The van der Waals surface area contributed by atoms with Crippen LogP contribution in [0.1, 0.15) is 29.3 Å². The Bertz CT molecular complexity index is 606. The molecule has 1 unspecified atom stereocenters. The van der Waals surface area contributed by atoms with E-state index < -0.39 is 0 Å². The minimum Gasteiger partial charge on any atom is -0.496 e. The van der Waals surface area contributed by atoms with E-state index in [1.165, 1.54) is 5.56 Å². The molecule has 1 saturated carbocycles. The Balaban J connectivity index is 2.01. The summed E-state index contributed by atoms with van der Waals surface area (Å²) in [5, 5.41) is 0.564. The van der Waals surface area contributed by atoms with Crippen LogP contribution in [-0.4, -0.2) is 7.11 Å². The molecule has 20 heavy (non-hydrogen) atoms. The highest BCUT2D eigenvalue weighted by Crippen LogP contribution is 2.60. The fraction of sp³-hybridized carbons (Fsp3) is 0.294. The summed E-state index contributed by atoms with van der Waals surface area (Å²) >= 11 is 12.9. The third-order valence-corrected chi connectivity index (χ3v) is 4.98. The monoisotopic (exact) mass is 306 g/mol. The Kier molecular flexibility index (Phi) is 3.66. The average Bonchev–Trinajstić information content (AvgIpc) is 3.29. The maximum Gasteiger partial charge on any atom is 0.123 e. The lowest BCUT2D eigenvalue weighted by molar-refractivity contribution is 0.406. The van der Waals surface area contributed by atoms with Crippen molar-refractivity contribution in [3.63, 3.8) is 0 Å². The Morgan fingerprint density at radius 2 is 1.80 bits per heavy atom. The summed E-state index contributed by atoms with van der Waals surface area (Å²) in [4.78, 5) is 0. The number of alkyl halides is 1. The maximum atomic E-state index is 6.81. The number of methoxy groups -OCH3 is 1. The maximum absolute atomic E-state index is 6.81. The van der Waals surface area contributed by atoms with Gasteiger partial charge in [-0.1, -0.05) is 41.9 Å². The predicted octanol–water partition coefficient (Wildman–Crippen LogP) is 5.36. The molecule has 0 saturated heterocycles. The third kappa shape index (κ3) is 2.30. The van der Waals surface area contributed by atoms with E-state index in [1.54, 1.807) is 7.11 Å². The quantitative estimate of drug-likeness (QED) is 0.691. The molecule has 2 aromatic rings. The number of halogens is 2. The van der Waals surface area contributed by atoms with Crippen LogP contribution in [0.4, 0.5) is 0 Å². The Morgan fingerprint density at radius 3 is 2.40 bits per heavy atom. The standard InChI is InChI=1S/C17H16Cl2O/c1-20-15-8-7-13(18)11-14(15)16(19)17(9-10-17)12-5-3-2-4-6-12/h2-8,11,16H,9-10H2,1H3. The van der Waals surface area contributed by atoms with Crippen LogP contribution < -0.4 is 4.74 Å². The molecule has 0 amide bonds. The SMILES string of the molecule is COc1ccc(Cl)cc1C(Cl)C1(c2ccccc2)CC1. The van der Waals surface area contributed by atoms with Crippen LogP contribution in [0.3, 0.4) is 0 Å².